The molecule has 2 aromatic rings. The summed E-state index contributed by atoms with van der Waals surface area (Å²) in [6.45, 7) is 6.89. The summed E-state index contributed by atoms with van der Waals surface area (Å²) in [4.78, 5) is 8.90. The zero-order chi connectivity index (χ0) is 15.2. The van der Waals surface area contributed by atoms with Crippen LogP contribution in [-0.2, 0) is 6.42 Å². The number of nitrogens with zero attached hydrogens (tertiary/aromatic N) is 2. The highest BCUT2D eigenvalue weighted by molar-refractivity contribution is 5.48. The van der Waals surface area contributed by atoms with Crippen LogP contribution in [-0.4, -0.2) is 16.5 Å². The van der Waals surface area contributed by atoms with Crippen molar-refractivity contribution in [2.24, 2.45) is 0 Å². The van der Waals surface area contributed by atoms with Gasteiger partial charge in [0.05, 0.1) is 0 Å². The van der Waals surface area contributed by atoms with Crippen molar-refractivity contribution < 1.29 is 4.39 Å². The number of hydrogen-bond donors (Lipinski definition) is 2. The number of aromatic nitrogens is 2. The topological polar surface area (TPSA) is 49.8 Å². The van der Waals surface area contributed by atoms with Crippen LogP contribution in [0.1, 0.15) is 38.2 Å². The SMILES string of the molecule is CCNc1cc(NC(C)c2ccc(F)cc2)nc(CC)n1. The molecule has 4 nitrogen and oxygen atoms in total. The van der Waals surface area contributed by atoms with Crippen LogP contribution >= 0.6 is 0 Å². The van der Waals surface area contributed by atoms with Gasteiger partial charge in [-0.25, -0.2) is 14.4 Å². The Kier molecular flexibility index (Phi) is 5.09. The van der Waals surface area contributed by atoms with E-state index in [1.54, 1.807) is 12.1 Å². The van der Waals surface area contributed by atoms with Crippen LogP contribution in [0.15, 0.2) is 30.3 Å². The Morgan fingerprint density at radius 1 is 1.10 bits per heavy atom. The highest BCUT2D eigenvalue weighted by Crippen LogP contribution is 2.20. The monoisotopic (exact) mass is 288 g/mol. The van der Waals surface area contributed by atoms with Crippen LogP contribution in [0.5, 0.6) is 0 Å². The molecule has 0 saturated heterocycles. The third kappa shape index (κ3) is 4.15. The molecule has 0 aliphatic heterocycles. The van der Waals surface area contributed by atoms with Crippen molar-refractivity contribution >= 4 is 11.6 Å². The molecule has 1 atom stereocenters. The molecular weight excluding hydrogens is 267 g/mol. The maximum Gasteiger partial charge on any atom is 0.132 e. The number of rotatable bonds is 6. The van der Waals surface area contributed by atoms with Gasteiger partial charge in [-0.05, 0) is 31.5 Å². The number of nitrogens with one attached hydrogen (secondary N) is 2. The average Bonchev–Trinajstić information content (AvgIpc) is 2.48. The lowest BCUT2D eigenvalue weighted by Gasteiger charge is -2.16. The molecule has 2 N–H and O–H groups in total. The van der Waals surface area contributed by atoms with Crippen LogP contribution in [0.4, 0.5) is 16.0 Å². The van der Waals surface area contributed by atoms with Gasteiger partial charge in [0.1, 0.15) is 23.3 Å². The van der Waals surface area contributed by atoms with Gasteiger partial charge < -0.3 is 10.6 Å². The molecule has 0 fully saturated rings. The van der Waals surface area contributed by atoms with Gasteiger partial charge in [-0.1, -0.05) is 19.1 Å². The largest absolute Gasteiger partial charge is 0.370 e. The lowest BCUT2D eigenvalue weighted by atomic mass is 10.1. The summed E-state index contributed by atoms with van der Waals surface area (Å²) in [7, 11) is 0. The number of hydrogen-bond acceptors (Lipinski definition) is 4. The molecule has 1 aromatic carbocycles. The maximum atomic E-state index is 13.0. The average molecular weight is 288 g/mol. The van der Waals surface area contributed by atoms with Crippen molar-refractivity contribution in [2.45, 2.75) is 33.2 Å². The minimum atomic E-state index is -0.226. The first-order chi connectivity index (χ1) is 10.1. The second-order valence-corrected chi connectivity index (χ2v) is 4.86. The Labute approximate surface area is 124 Å². The van der Waals surface area contributed by atoms with Gasteiger partial charge >= 0.3 is 0 Å². The number of benzene rings is 1. The van der Waals surface area contributed by atoms with Crippen molar-refractivity contribution in [3.8, 4) is 0 Å². The Bertz CT molecular complexity index is 583. The smallest absolute Gasteiger partial charge is 0.132 e. The van der Waals surface area contributed by atoms with E-state index in [4.69, 9.17) is 0 Å². The third-order valence-corrected chi connectivity index (χ3v) is 3.18. The summed E-state index contributed by atoms with van der Waals surface area (Å²) in [5.41, 5.74) is 1.01. The summed E-state index contributed by atoms with van der Waals surface area (Å²) in [6, 6.07) is 8.42. The second kappa shape index (κ2) is 7.02. The molecule has 1 aromatic heterocycles. The van der Waals surface area contributed by atoms with Gasteiger partial charge in [-0.3, -0.25) is 0 Å². The van der Waals surface area contributed by atoms with E-state index in [1.807, 2.05) is 26.8 Å². The lowest BCUT2D eigenvalue weighted by Crippen LogP contribution is -2.11. The van der Waals surface area contributed by atoms with E-state index in [-0.39, 0.29) is 11.9 Å². The number of aryl methyl sites for hydroxylation is 1. The highest BCUT2D eigenvalue weighted by Gasteiger charge is 2.08. The molecule has 5 heteroatoms. The third-order valence-electron chi connectivity index (χ3n) is 3.18. The molecule has 0 radical (unpaired) electrons. The zero-order valence-corrected chi connectivity index (χ0v) is 12.7. The molecule has 0 amide bonds. The molecule has 1 heterocycles. The first kappa shape index (κ1) is 15.2. The summed E-state index contributed by atoms with van der Waals surface area (Å²) < 4.78 is 13.0. The first-order valence-corrected chi connectivity index (χ1v) is 7.26. The van der Waals surface area contributed by atoms with Gasteiger partial charge in [0.25, 0.3) is 0 Å². The Balaban J connectivity index is 2.17. The van der Waals surface area contributed by atoms with E-state index in [0.717, 1.165) is 36.0 Å². The molecule has 0 aliphatic carbocycles. The summed E-state index contributed by atoms with van der Waals surface area (Å²) >= 11 is 0. The molecule has 0 aliphatic rings. The van der Waals surface area contributed by atoms with Crippen molar-refractivity contribution in [3.05, 3.63) is 47.5 Å². The molecule has 0 spiro atoms. The van der Waals surface area contributed by atoms with E-state index in [0.29, 0.717) is 0 Å². The molecular formula is C16H21FN4. The first-order valence-electron chi connectivity index (χ1n) is 7.26. The summed E-state index contributed by atoms with van der Waals surface area (Å²) in [5.74, 6) is 2.16. The second-order valence-electron chi connectivity index (χ2n) is 4.86. The van der Waals surface area contributed by atoms with E-state index in [2.05, 4.69) is 20.6 Å². The van der Waals surface area contributed by atoms with E-state index in [1.165, 1.54) is 12.1 Å². The molecule has 112 valence electrons. The van der Waals surface area contributed by atoms with Crippen molar-refractivity contribution in [2.75, 3.05) is 17.2 Å². The quantitative estimate of drug-likeness (QED) is 0.849. The number of anilines is 2. The minimum Gasteiger partial charge on any atom is -0.370 e. The molecule has 21 heavy (non-hydrogen) atoms. The molecule has 0 bridgehead atoms. The van der Waals surface area contributed by atoms with Gasteiger partial charge in [-0.2, -0.15) is 0 Å². The molecule has 1 unspecified atom stereocenters. The van der Waals surface area contributed by atoms with E-state index >= 15 is 0 Å². The van der Waals surface area contributed by atoms with Gasteiger partial charge in [0.15, 0.2) is 0 Å². The Hall–Kier alpha value is -2.17. The Morgan fingerprint density at radius 2 is 1.76 bits per heavy atom. The molecule has 2 rings (SSSR count). The van der Waals surface area contributed by atoms with Gasteiger partial charge in [0.2, 0.25) is 0 Å². The number of halogens is 1. The fourth-order valence-electron chi connectivity index (χ4n) is 2.06. The van der Waals surface area contributed by atoms with Crippen LogP contribution < -0.4 is 10.6 Å². The van der Waals surface area contributed by atoms with Crippen molar-refractivity contribution in [1.29, 1.82) is 0 Å². The van der Waals surface area contributed by atoms with Crippen LogP contribution in [0.3, 0.4) is 0 Å². The minimum absolute atomic E-state index is 0.0414. The molecule has 0 saturated carbocycles. The van der Waals surface area contributed by atoms with E-state index in [9.17, 15) is 4.39 Å². The summed E-state index contributed by atoms with van der Waals surface area (Å²) in [6.07, 6.45) is 0.777. The summed E-state index contributed by atoms with van der Waals surface area (Å²) in [5, 5.41) is 6.54. The van der Waals surface area contributed by atoms with Crippen LogP contribution in [0.2, 0.25) is 0 Å². The van der Waals surface area contributed by atoms with Crippen molar-refractivity contribution in [3.63, 3.8) is 0 Å². The van der Waals surface area contributed by atoms with Crippen LogP contribution in [0.25, 0.3) is 0 Å². The standard InChI is InChI=1S/C16H21FN4/c1-4-14-20-15(18-5-2)10-16(21-14)19-11(3)12-6-8-13(17)9-7-12/h6-11H,4-5H2,1-3H3,(H2,18,19,20,21). The van der Waals surface area contributed by atoms with Crippen molar-refractivity contribution in [1.82, 2.24) is 9.97 Å². The van der Waals surface area contributed by atoms with Gasteiger partial charge in [-0.15, -0.1) is 0 Å². The predicted octanol–water partition coefficient (Wildman–Crippen LogP) is 3.78. The van der Waals surface area contributed by atoms with Crippen LogP contribution in [0, 0.1) is 5.82 Å². The maximum absolute atomic E-state index is 13.0. The van der Waals surface area contributed by atoms with Gasteiger partial charge in [0, 0.05) is 25.1 Å². The lowest BCUT2D eigenvalue weighted by molar-refractivity contribution is 0.626. The normalized spacial score (nSPS) is 12.0. The zero-order valence-electron chi connectivity index (χ0n) is 12.7. The fourth-order valence-corrected chi connectivity index (χ4v) is 2.06. The highest BCUT2D eigenvalue weighted by atomic mass is 19.1. The predicted molar refractivity (Wildman–Crippen MR) is 84.0 cm³/mol. The Morgan fingerprint density at radius 3 is 2.38 bits per heavy atom. The van der Waals surface area contributed by atoms with E-state index < -0.39 is 0 Å². The fraction of sp³-hybridized carbons (Fsp3) is 0.375.